The maximum Gasteiger partial charge on any atom is 0.269 e. The molecule has 0 N–H and O–H groups in total. The Bertz CT molecular complexity index is 442. The zero-order chi connectivity index (χ0) is 12.3. The molecule has 4 nitrogen and oxygen atoms in total. The van der Waals surface area contributed by atoms with Crippen molar-refractivity contribution in [2.45, 2.75) is 32.1 Å². The maximum atomic E-state index is 11.7. The molecule has 1 aliphatic rings. The van der Waals surface area contributed by atoms with Crippen molar-refractivity contribution in [1.82, 2.24) is 0 Å². The zero-order valence-corrected chi connectivity index (χ0v) is 9.59. The van der Waals surface area contributed by atoms with Gasteiger partial charge in [0.2, 0.25) is 0 Å². The summed E-state index contributed by atoms with van der Waals surface area (Å²) in [4.78, 5) is 21.9. The lowest BCUT2D eigenvalue weighted by atomic mass is 9.84. The molecule has 0 bridgehead atoms. The summed E-state index contributed by atoms with van der Waals surface area (Å²) in [5.41, 5.74) is 0.991. The SMILES string of the molecule is O=C1CCCCC1Cc1cccc([N+](=O)[O-])c1. The fourth-order valence-corrected chi connectivity index (χ4v) is 2.35. The molecule has 2 rings (SSSR count). The van der Waals surface area contributed by atoms with Crippen molar-refractivity contribution in [2.24, 2.45) is 5.92 Å². The van der Waals surface area contributed by atoms with Crippen molar-refractivity contribution in [3.8, 4) is 0 Å². The smallest absolute Gasteiger partial charge is 0.269 e. The zero-order valence-electron chi connectivity index (χ0n) is 9.59. The summed E-state index contributed by atoms with van der Waals surface area (Å²) in [5, 5.41) is 10.6. The number of nitro benzene ring substituents is 1. The van der Waals surface area contributed by atoms with Crippen LogP contribution in [0.25, 0.3) is 0 Å². The second kappa shape index (κ2) is 5.08. The van der Waals surface area contributed by atoms with E-state index in [0.29, 0.717) is 18.6 Å². The van der Waals surface area contributed by atoms with E-state index in [9.17, 15) is 14.9 Å². The Balaban J connectivity index is 2.09. The highest BCUT2D eigenvalue weighted by atomic mass is 16.6. The van der Waals surface area contributed by atoms with Gasteiger partial charge < -0.3 is 0 Å². The third-order valence-corrected chi connectivity index (χ3v) is 3.28. The van der Waals surface area contributed by atoms with Crippen LogP contribution in [0.1, 0.15) is 31.2 Å². The van der Waals surface area contributed by atoms with Crippen LogP contribution in [0.2, 0.25) is 0 Å². The van der Waals surface area contributed by atoms with Gasteiger partial charge in [0, 0.05) is 24.5 Å². The molecule has 0 amide bonds. The molecule has 1 unspecified atom stereocenters. The lowest BCUT2D eigenvalue weighted by Crippen LogP contribution is -2.21. The van der Waals surface area contributed by atoms with Crippen LogP contribution in [0.4, 0.5) is 5.69 Å². The number of nitrogens with zero attached hydrogens (tertiary/aromatic N) is 1. The molecule has 0 heterocycles. The Morgan fingerprint density at radius 2 is 2.18 bits per heavy atom. The van der Waals surface area contributed by atoms with Gasteiger partial charge in [-0.1, -0.05) is 18.6 Å². The van der Waals surface area contributed by atoms with Gasteiger partial charge in [0.15, 0.2) is 0 Å². The van der Waals surface area contributed by atoms with E-state index in [-0.39, 0.29) is 11.6 Å². The van der Waals surface area contributed by atoms with Gasteiger partial charge in [0.05, 0.1) is 4.92 Å². The Labute approximate surface area is 99.8 Å². The van der Waals surface area contributed by atoms with E-state index in [1.54, 1.807) is 12.1 Å². The van der Waals surface area contributed by atoms with Gasteiger partial charge in [-0.15, -0.1) is 0 Å². The second-order valence-electron chi connectivity index (χ2n) is 4.54. The van der Waals surface area contributed by atoms with Crippen LogP contribution in [-0.2, 0) is 11.2 Å². The average molecular weight is 233 g/mol. The summed E-state index contributed by atoms with van der Waals surface area (Å²) < 4.78 is 0. The summed E-state index contributed by atoms with van der Waals surface area (Å²) in [6.45, 7) is 0. The molecule has 0 spiro atoms. The van der Waals surface area contributed by atoms with Crippen LogP contribution in [0, 0.1) is 16.0 Å². The lowest BCUT2D eigenvalue weighted by Gasteiger charge is -2.20. The van der Waals surface area contributed by atoms with Crippen LogP contribution < -0.4 is 0 Å². The van der Waals surface area contributed by atoms with E-state index in [1.165, 1.54) is 6.07 Å². The number of hydrogen-bond donors (Lipinski definition) is 0. The Morgan fingerprint density at radius 3 is 2.88 bits per heavy atom. The third kappa shape index (κ3) is 2.90. The number of hydrogen-bond acceptors (Lipinski definition) is 3. The van der Waals surface area contributed by atoms with E-state index in [4.69, 9.17) is 0 Å². The molecule has 1 atom stereocenters. The first-order chi connectivity index (χ1) is 8.16. The second-order valence-corrected chi connectivity index (χ2v) is 4.54. The molecule has 0 aromatic heterocycles. The third-order valence-electron chi connectivity index (χ3n) is 3.28. The molecule has 1 aliphatic carbocycles. The van der Waals surface area contributed by atoms with Crippen molar-refractivity contribution < 1.29 is 9.72 Å². The predicted octanol–water partition coefficient (Wildman–Crippen LogP) is 2.90. The van der Waals surface area contributed by atoms with Crippen LogP contribution in [0.15, 0.2) is 24.3 Å². The van der Waals surface area contributed by atoms with Crippen LogP contribution in [0.3, 0.4) is 0 Å². The Hall–Kier alpha value is -1.71. The van der Waals surface area contributed by atoms with Gasteiger partial charge in [0.1, 0.15) is 5.78 Å². The standard InChI is InChI=1S/C13H15NO3/c15-13-7-2-1-5-11(13)8-10-4-3-6-12(9-10)14(16)17/h3-4,6,9,11H,1-2,5,7-8H2. The summed E-state index contributed by atoms with van der Waals surface area (Å²) >= 11 is 0. The Morgan fingerprint density at radius 1 is 1.35 bits per heavy atom. The van der Waals surface area contributed by atoms with Gasteiger partial charge in [-0.3, -0.25) is 14.9 Å². The number of Topliss-reactive ketones (excluding diaryl/α,β-unsaturated/α-hetero) is 1. The minimum absolute atomic E-state index is 0.0609. The summed E-state index contributed by atoms with van der Waals surface area (Å²) in [6.07, 6.45) is 4.30. The molecule has 0 radical (unpaired) electrons. The highest BCUT2D eigenvalue weighted by Crippen LogP contribution is 2.25. The monoisotopic (exact) mass is 233 g/mol. The molecule has 1 saturated carbocycles. The minimum Gasteiger partial charge on any atom is -0.299 e. The van der Waals surface area contributed by atoms with E-state index >= 15 is 0 Å². The normalized spacial score (nSPS) is 20.2. The molecular weight excluding hydrogens is 218 g/mol. The Kier molecular flexibility index (Phi) is 3.52. The van der Waals surface area contributed by atoms with E-state index in [2.05, 4.69) is 0 Å². The van der Waals surface area contributed by atoms with E-state index in [0.717, 1.165) is 24.8 Å². The summed E-state index contributed by atoms with van der Waals surface area (Å²) in [7, 11) is 0. The van der Waals surface area contributed by atoms with E-state index < -0.39 is 4.92 Å². The number of rotatable bonds is 3. The number of carbonyl (C=O) groups is 1. The topological polar surface area (TPSA) is 60.2 Å². The lowest BCUT2D eigenvalue weighted by molar-refractivity contribution is -0.384. The predicted molar refractivity (Wildman–Crippen MR) is 63.8 cm³/mol. The number of non-ortho nitro benzene ring substituents is 1. The molecule has 1 aromatic carbocycles. The molecule has 0 saturated heterocycles. The van der Waals surface area contributed by atoms with Crippen LogP contribution in [-0.4, -0.2) is 10.7 Å². The first-order valence-electron chi connectivity index (χ1n) is 5.93. The molecule has 90 valence electrons. The fourth-order valence-electron chi connectivity index (χ4n) is 2.35. The van der Waals surface area contributed by atoms with Gasteiger partial charge in [-0.25, -0.2) is 0 Å². The molecule has 17 heavy (non-hydrogen) atoms. The number of benzene rings is 1. The minimum atomic E-state index is -0.397. The van der Waals surface area contributed by atoms with Crippen LogP contribution in [0.5, 0.6) is 0 Å². The van der Waals surface area contributed by atoms with Crippen molar-refractivity contribution in [2.75, 3.05) is 0 Å². The van der Waals surface area contributed by atoms with Gasteiger partial charge in [0.25, 0.3) is 5.69 Å². The summed E-state index contributed by atoms with van der Waals surface area (Å²) in [5.74, 6) is 0.369. The molecule has 4 heteroatoms. The molecule has 1 fully saturated rings. The van der Waals surface area contributed by atoms with Gasteiger partial charge >= 0.3 is 0 Å². The average Bonchev–Trinajstić information content (AvgIpc) is 2.32. The number of carbonyl (C=O) groups excluding carboxylic acids is 1. The highest BCUT2D eigenvalue weighted by Gasteiger charge is 2.22. The van der Waals surface area contributed by atoms with Crippen molar-refractivity contribution in [3.05, 3.63) is 39.9 Å². The summed E-state index contributed by atoms with van der Waals surface area (Å²) in [6, 6.07) is 6.59. The number of ketones is 1. The molecular formula is C13H15NO3. The van der Waals surface area contributed by atoms with E-state index in [1.807, 2.05) is 6.07 Å². The van der Waals surface area contributed by atoms with Gasteiger partial charge in [-0.2, -0.15) is 0 Å². The molecule has 1 aromatic rings. The van der Waals surface area contributed by atoms with Crippen LogP contribution >= 0.6 is 0 Å². The molecule has 0 aliphatic heterocycles. The van der Waals surface area contributed by atoms with Crippen molar-refractivity contribution >= 4 is 11.5 Å². The van der Waals surface area contributed by atoms with Crippen molar-refractivity contribution in [3.63, 3.8) is 0 Å². The maximum absolute atomic E-state index is 11.7. The fraction of sp³-hybridized carbons (Fsp3) is 0.462. The highest BCUT2D eigenvalue weighted by molar-refractivity contribution is 5.81. The quantitative estimate of drug-likeness (QED) is 0.595. The van der Waals surface area contributed by atoms with Gasteiger partial charge in [-0.05, 0) is 24.8 Å². The number of nitro groups is 1. The largest absolute Gasteiger partial charge is 0.299 e. The first kappa shape index (κ1) is 11.8. The first-order valence-corrected chi connectivity index (χ1v) is 5.93. The van der Waals surface area contributed by atoms with Crippen molar-refractivity contribution in [1.29, 1.82) is 0 Å².